The topological polar surface area (TPSA) is 61.6 Å². The monoisotopic (exact) mass is 402 g/mol. The summed E-state index contributed by atoms with van der Waals surface area (Å²) in [4.78, 5) is 17.1. The second-order valence-electron chi connectivity index (χ2n) is 6.34. The van der Waals surface area contributed by atoms with Gasteiger partial charge in [-0.3, -0.25) is 4.79 Å². The standard InChI is InChI=1S/C19H23BrN4O/c1-23-8-10-24(11-9-23)18-5-3-2-4-15(18)13-22-19(25)14-6-7-16(20)17(21)12-14/h2-7,12H,8-11,13,21H2,1H3,(H,22,25). The highest BCUT2D eigenvalue weighted by molar-refractivity contribution is 9.10. The highest BCUT2D eigenvalue weighted by Crippen LogP contribution is 2.23. The van der Waals surface area contributed by atoms with Gasteiger partial charge in [-0.2, -0.15) is 0 Å². The van der Waals surface area contributed by atoms with E-state index in [0.717, 1.165) is 36.2 Å². The van der Waals surface area contributed by atoms with Crippen molar-refractivity contribution >= 4 is 33.2 Å². The van der Waals surface area contributed by atoms with Gasteiger partial charge in [-0.25, -0.2) is 0 Å². The van der Waals surface area contributed by atoms with Crippen molar-refractivity contribution in [2.75, 3.05) is 43.9 Å². The van der Waals surface area contributed by atoms with Crippen LogP contribution in [0.4, 0.5) is 11.4 Å². The lowest BCUT2D eigenvalue weighted by atomic mass is 10.1. The molecule has 0 aliphatic carbocycles. The molecule has 0 unspecified atom stereocenters. The fraction of sp³-hybridized carbons (Fsp3) is 0.316. The van der Waals surface area contributed by atoms with E-state index in [9.17, 15) is 4.79 Å². The van der Waals surface area contributed by atoms with Crippen LogP contribution in [0.15, 0.2) is 46.9 Å². The largest absolute Gasteiger partial charge is 0.398 e. The van der Waals surface area contributed by atoms with Gasteiger partial charge < -0.3 is 20.9 Å². The molecule has 1 fully saturated rings. The molecule has 2 aromatic rings. The maximum Gasteiger partial charge on any atom is 0.251 e. The average molecular weight is 403 g/mol. The Morgan fingerprint density at radius 3 is 2.60 bits per heavy atom. The number of piperazine rings is 1. The molecule has 1 saturated heterocycles. The van der Waals surface area contributed by atoms with Gasteiger partial charge in [0.2, 0.25) is 0 Å². The van der Waals surface area contributed by atoms with Crippen LogP contribution < -0.4 is 16.0 Å². The van der Waals surface area contributed by atoms with E-state index in [4.69, 9.17) is 5.73 Å². The number of anilines is 2. The van der Waals surface area contributed by atoms with E-state index in [1.165, 1.54) is 5.69 Å². The van der Waals surface area contributed by atoms with Crippen LogP contribution in [-0.4, -0.2) is 44.0 Å². The van der Waals surface area contributed by atoms with Crippen molar-refractivity contribution in [2.45, 2.75) is 6.54 Å². The van der Waals surface area contributed by atoms with Gasteiger partial charge in [0.1, 0.15) is 0 Å². The van der Waals surface area contributed by atoms with E-state index >= 15 is 0 Å². The Bertz CT molecular complexity index is 757. The number of amides is 1. The number of hydrogen-bond acceptors (Lipinski definition) is 4. The first-order valence-electron chi connectivity index (χ1n) is 8.39. The quantitative estimate of drug-likeness (QED) is 0.771. The fourth-order valence-corrected chi connectivity index (χ4v) is 3.23. The van der Waals surface area contributed by atoms with Gasteiger partial charge in [0.15, 0.2) is 0 Å². The number of likely N-dealkylation sites (N-methyl/N-ethyl adjacent to an activating group) is 1. The number of nitrogen functional groups attached to an aromatic ring is 1. The van der Waals surface area contributed by atoms with Crippen LogP contribution in [0.5, 0.6) is 0 Å². The van der Waals surface area contributed by atoms with Gasteiger partial charge in [-0.1, -0.05) is 18.2 Å². The average Bonchev–Trinajstić information content (AvgIpc) is 2.63. The maximum atomic E-state index is 12.4. The van der Waals surface area contributed by atoms with Crippen molar-refractivity contribution < 1.29 is 4.79 Å². The predicted octanol–water partition coefficient (Wildman–Crippen LogP) is 2.71. The van der Waals surface area contributed by atoms with Crippen LogP contribution in [-0.2, 0) is 6.54 Å². The zero-order valence-corrected chi connectivity index (χ0v) is 15.9. The second-order valence-corrected chi connectivity index (χ2v) is 7.19. The summed E-state index contributed by atoms with van der Waals surface area (Å²) in [6.07, 6.45) is 0. The minimum absolute atomic E-state index is 0.118. The summed E-state index contributed by atoms with van der Waals surface area (Å²) in [5.74, 6) is -0.118. The van der Waals surface area contributed by atoms with Crippen LogP contribution in [0.1, 0.15) is 15.9 Å². The van der Waals surface area contributed by atoms with E-state index in [1.54, 1.807) is 18.2 Å². The van der Waals surface area contributed by atoms with E-state index < -0.39 is 0 Å². The van der Waals surface area contributed by atoms with Gasteiger partial charge in [0, 0.05) is 54.1 Å². The van der Waals surface area contributed by atoms with E-state index in [2.05, 4.69) is 50.2 Å². The highest BCUT2D eigenvalue weighted by Gasteiger charge is 2.17. The van der Waals surface area contributed by atoms with Crippen molar-refractivity contribution in [2.24, 2.45) is 0 Å². The van der Waals surface area contributed by atoms with E-state index in [1.807, 2.05) is 12.1 Å². The normalized spacial score (nSPS) is 15.2. The SMILES string of the molecule is CN1CCN(c2ccccc2CNC(=O)c2ccc(Br)c(N)c2)CC1. The summed E-state index contributed by atoms with van der Waals surface area (Å²) in [5.41, 5.74) is 9.32. The molecule has 25 heavy (non-hydrogen) atoms. The molecule has 1 heterocycles. The molecule has 0 spiro atoms. The zero-order chi connectivity index (χ0) is 17.8. The summed E-state index contributed by atoms with van der Waals surface area (Å²) < 4.78 is 0.796. The molecule has 3 N–H and O–H groups in total. The fourth-order valence-electron chi connectivity index (χ4n) is 2.98. The van der Waals surface area contributed by atoms with Gasteiger partial charge in [-0.15, -0.1) is 0 Å². The number of halogens is 1. The molecule has 0 saturated carbocycles. The third kappa shape index (κ3) is 4.32. The van der Waals surface area contributed by atoms with E-state index in [-0.39, 0.29) is 5.91 Å². The molecule has 0 aromatic heterocycles. The number of nitrogens with one attached hydrogen (secondary N) is 1. The molecular weight excluding hydrogens is 380 g/mol. The zero-order valence-electron chi connectivity index (χ0n) is 14.3. The van der Waals surface area contributed by atoms with Crippen LogP contribution in [0, 0.1) is 0 Å². The van der Waals surface area contributed by atoms with Crippen LogP contribution in [0.2, 0.25) is 0 Å². The molecule has 1 aliphatic rings. The summed E-state index contributed by atoms with van der Waals surface area (Å²) in [7, 11) is 2.15. The molecule has 5 nitrogen and oxygen atoms in total. The van der Waals surface area contributed by atoms with Crippen molar-refractivity contribution in [3.05, 3.63) is 58.1 Å². The summed E-state index contributed by atoms with van der Waals surface area (Å²) in [6.45, 7) is 4.62. The molecule has 3 rings (SSSR count). The summed E-state index contributed by atoms with van der Waals surface area (Å²) in [5, 5.41) is 3.00. The molecule has 1 aliphatic heterocycles. The first-order chi connectivity index (χ1) is 12.0. The van der Waals surface area contributed by atoms with Gasteiger partial charge in [0.25, 0.3) is 5.91 Å². The first kappa shape index (κ1) is 17.8. The Labute approximate surface area is 156 Å². The molecule has 6 heteroatoms. The van der Waals surface area contributed by atoms with Crippen molar-refractivity contribution in [3.8, 4) is 0 Å². The Balaban J connectivity index is 1.69. The lowest BCUT2D eigenvalue weighted by Gasteiger charge is -2.35. The molecule has 1 amide bonds. The Morgan fingerprint density at radius 1 is 1.16 bits per heavy atom. The molecule has 0 atom stereocenters. The second kappa shape index (κ2) is 7.89. The first-order valence-corrected chi connectivity index (χ1v) is 9.18. The Kier molecular flexibility index (Phi) is 5.60. The van der Waals surface area contributed by atoms with Crippen molar-refractivity contribution in [1.29, 1.82) is 0 Å². The van der Waals surface area contributed by atoms with Crippen molar-refractivity contribution in [1.82, 2.24) is 10.2 Å². The number of carbonyl (C=O) groups is 1. The molecule has 2 aromatic carbocycles. The van der Waals surface area contributed by atoms with Gasteiger partial charge >= 0.3 is 0 Å². The number of nitrogens with zero attached hydrogens (tertiary/aromatic N) is 2. The lowest BCUT2D eigenvalue weighted by Crippen LogP contribution is -2.45. The minimum Gasteiger partial charge on any atom is -0.398 e. The lowest BCUT2D eigenvalue weighted by molar-refractivity contribution is 0.0951. The van der Waals surface area contributed by atoms with Gasteiger partial charge in [0.05, 0.1) is 0 Å². The third-order valence-corrected chi connectivity index (χ3v) is 5.26. The van der Waals surface area contributed by atoms with E-state index in [0.29, 0.717) is 17.8 Å². The molecule has 0 radical (unpaired) electrons. The van der Waals surface area contributed by atoms with Crippen LogP contribution in [0.3, 0.4) is 0 Å². The smallest absolute Gasteiger partial charge is 0.251 e. The Hall–Kier alpha value is -2.05. The Morgan fingerprint density at radius 2 is 1.88 bits per heavy atom. The minimum atomic E-state index is -0.118. The predicted molar refractivity (Wildman–Crippen MR) is 106 cm³/mol. The summed E-state index contributed by atoms with van der Waals surface area (Å²) in [6, 6.07) is 13.5. The van der Waals surface area contributed by atoms with Crippen LogP contribution in [0.25, 0.3) is 0 Å². The number of nitrogens with two attached hydrogens (primary N) is 1. The molecule has 132 valence electrons. The van der Waals surface area contributed by atoms with Gasteiger partial charge in [-0.05, 0) is 52.8 Å². The summed E-state index contributed by atoms with van der Waals surface area (Å²) >= 11 is 3.35. The number of rotatable bonds is 4. The molecule has 0 bridgehead atoms. The number of carbonyl (C=O) groups excluding carboxylic acids is 1. The number of hydrogen-bond donors (Lipinski definition) is 2. The number of para-hydroxylation sites is 1. The number of benzene rings is 2. The van der Waals surface area contributed by atoms with Crippen LogP contribution >= 0.6 is 15.9 Å². The van der Waals surface area contributed by atoms with Crippen molar-refractivity contribution in [3.63, 3.8) is 0 Å². The maximum absolute atomic E-state index is 12.4. The molecular formula is C19H23BrN4O. The third-order valence-electron chi connectivity index (χ3n) is 4.53. The highest BCUT2D eigenvalue weighted by atomic mass is 79.9.